The van der Waals surface area contributed by atoms with Crippen molar-refractivity contribution in [3.8, 4) is 5.75 Å². The van der Waals surface area contributed by atoms with E-state index in [1.807, 2.05) is 38.1 Å². The van der Waals surface area contributed by atoms with Crippen molar-refractivity contribution in [2.45, 2.75) is 20.0 Å². The zero-order chi connectivity index (χ0) is 15.0. The summed E-state index contributed by atoms with van der Waals surface area (Å²) in [5.41, 5.74) is 0.900. The van der Waals surface area contributed by atoms with Crippen molar-refractivity contribution in [1.29, 1.82) is 0 Å². The van der Waals surface area contributed by atoms with Crippen LogP contribution < -0.4 is 10.1 Å². The standard InChI is InChI=1S/C15H21NO3S/c1-12(2)19-14-6-4-5-13(11-14)7-8-15(17)16-9-10-20(3)18/h4-8,11-12H,9-10H2,1-3H3,(H,16,17)/b8-7+. The number of nitrogens with one attached hydrogen (secondary N) is 1. The van der Waals surface area contributed by atoms with Crippen LogP contribution in [0.3, 0.4) is 0 Å². The molecule has 0 heterocycles. The molecule has 1 aromatic carbocycles. The molecule has 1 N–H and O–H groups in total. The molecule has 1 amide bonds. The molecule has 20 heavy (non-hydrogen) atoms. The van der Waals surface area contributed by atoms with Gasteiger partial charge in [-0.1, -0.05) is 12.1 Å². The highest BCUT2D eigenvalue weighted by molar-refractivity contribution is 7.84. The second-order valence-electron chi connectivity index (χ2n) is 4.64. The van der Waals surface area contributed by atoms with Gasteiger partial charge in [-0.05, 0) is 37.6 Å². The zero-order valence-electron chi connectivity index (χ0n) is 12.1. The smallest absolute Gasteiger partial charge is 0.244 e. The van der Waals surface area contributed by atoms with Crippen molar-refractivity contribution >= 4 is 22.8 Å². The summed E-state index contributed by atoms with van der Waals surface area (Å²) in [5, 5.41) is 2.68. The van der Waals surface area contributed by atoms with E-state index in [9.17, 15) is 9.00 Å². The highest BCUT2D eigenvalue weighted by atomic mass is 32.2. The molecule has 4 nitrogen and oxygen atoms in total. The van der Waals surface area contributed by atoms with Crippen molar-refractivity contribution in [3.05, 3.63) is 35.9 Å². The fraction of sp³-hybridized carbons (Fsp3) is 0.400. The Balaban J connectivity index is 2.52. The summed E-state index contributed by atoms with van der Waals surface area (Å²) < 4.78 is 16.4. The van der Waals surface area contributed by atoms with Crippen LogP contribution in [0.2, 0.25) is 0 Å². The van der Waals surface area contributed by atoms with Crippen molar-refractivity contribution in [2.24, 2.45) is 0 Å². The van der Waals surface area contributed by atoms with Gasteiger partial charge in [-0.3, -0.25) is 9.00 Å². The number of carbonyl (C=O) groups is 1. The van der Waals surface area contributed by atoms with E-state index in [4.69, 9.17) is 4.74 Å². The van der Waals surface area contributed by atoms with E-state index >= 15 is 0 Å². The first kappa shape index (κ1) is 16.4. The fourth-order valence-electron chi connectivity index (χ4n) is 1.51. The maximum atomic E-state index is 11.5. The maximum absolute atomic E-state index is 11.5. The van der Waals surface area contributed by atoms with Gasteiger partial charge in [0.25, 0.3) is 0 Å². The highest BCUT2D eigenvalue weighted by Gasteiger charge is 1.99. The number of carbonyl (C=O) groups excluding carboxylic acids is 1. The number of hydrogen-bond donors (Lipinski definition) is 1. The van der Waals surface area contributed by atoms with Gasteiger partial charge in [0.1, 0.15) is 5.75 Å². The maximum Gasteiger partial charge on any atom is 0.244 e. The first-order chi connectivity index (χ1) is 9.47. The molecule has 0 saturated carbocycles. The fourth-order valence-corrected chi connectivity index (χ4v) is 1.90. The Bertz CT molecular complexity index is 498. The molecule has 0 aliphatic rings. The molecule has 1 aromatic rings. The summed E-state index contributed by atoms with van der Waals surface area (Å²) in [6.45, 7) is 4.35. The van der Waals surface area contributed by atoms with E-state index in [1.54, 1.807) is 12.3 Å². The number of ether oxygens (including phenoxy) is 1. The molecule has 1 atom stereocenters. The normalized spacial score (nSPS) is 12.6. The van der Waals surface area contributed by atoms with Gasteiger partial charge in [-0.2, -0.15) is 0 Å². The Hall–Kier alpha value is -1.62. The third-order valence-corrected chi connectivity index (χ3v) is 3.12. The van der Waals surface area contributed by atoms with E-state index in [0.29, 0.717) is 12.3 Å². The van der Waals surface area contributed by atoms with Crippen LogP contribution in [-0.4, -0.2) is 34.8 Å². The van der Waals surface area contributed by atoms with Crippen LogP contribution in [0.25, 0.3) is 6.08 Å². The van der Waals surface area contributed by atoms with E-state index in [1.165, 1.54) is 6.08 Å². The second-order valence-corrected chi connectivity index (χ2v) is 6.20. The van der Waals surface area contributed by atoms with Crippen LogP contribution >= 0.6 is 0 Å². The lowest BCUT2D eigenvalue weighted by molar-refractivity contribution is -0.116. The van der Waals surface area contributed by atoms with Gasteiger partial charge in [0.15, 0.2) is 0 Å². The first-order valence-corrected chi connectivity index (χ1v) is 8.23. The minimum absolute atomic E-state index is 0.118. The second kappa shape index (κ2) is 8.53. The molecule has 0 bridgehead atoms. The summed E-state index contributed by atoms with van der Waals surface area (Å²) >= 11 is 0. The molecule has 1 unspecified atom stereocenters. The molecule has 0 saturated heterocycles. The SMILES string of the molecule is CC(C)Oc1cccc(/C=C/C(=O)NCCS(C)=O)c1. The summed E-state index contributed by atoms with van der Waals surface area (Å²) in [5.74, 6) is 1.06. The summed E-state index contributed by atoms with van der Waals surface area (Å²) in [4.78, 5) is 11.5. The molecule has 110 valence electrons. The predicted molar refractivity (Wildman–Crippen MR) is 83.2 cm³/mol. The van der Waals surface area contributed by atoms with Gasteiger partial charge >= 0.3 is 0 Å². The van der Waals surface area contributed by atoms with Crippen LogP contribution in [0, 0.1) is 0 Å². The number of amides is 1. The van der Waals surface area contributed by atoms with Gasteiger partial charge in [-0.15, -0.1) is 0 Å². The predicted octanol–water partition coefficient (Wildman–Crippen LogP) is 1.98. The van der Waals surface area contributed by atoms with Crippen molar-refractivity contribution < 1.29 is 13.7 Å². The average Bonchev–Trinajstić information content (AvgIpc) is 2.35. The average molecular weight is 295 g/mol. The summed E-state index contributed by atoms with van der Waals surface area (Å²) in [6, 6.07) is 7.55. The first-order valence-electron chi connectivity index (χ1n) is 6.50. The Morgan fingerprint density at radius 1 is 1.45 bits per heavy atom. The van der Waals surface area contributed by atoms with Crippen molar-refractivity contribution in [2.75, 3.05) is 18.6 Å². The lowest BCUT2D eigenvalue weighted by Gasteiger charge is -2.09. The van der Waals surface area contributed by atoms with E-state index in [0.717, 1.165) is 11.3 Å². The van der Waals surface area contributed by atoms with E-state index in [2.05, 4.69) is 5.32 Å². The Kier molecular flexibility index (Phi) is 7.01. The largest absolute Gasteiger partial charge is 0.491 e. The van der Waals surface area contributed by atoms with Gasteiger partial charge in [0, 0.05) is 35.4 Å². The number of benzene rings is 1. The molecule has 1 rings (SSSR count). The Labute approximate surface area is 122 Å². The topological polar surface area (TPSA) is 55.4 Å². The van der Waals surface area contributed by atoms with E-state index in [-0.39, 0.29) is 12.0 Å². The quantitative estimate of drug-likeness (QED) is 0.783. The van der Waals surface area contributed by atoms with Gasteiger partial charge in [0.2, 0.25) is 5.91 Å². The molecule has 0 fully saturated rings. The van der Waals surface area contributed by atoms with Crippen LogP contribution in [0.4, 0.5) is 0 Å². The highest BCUT2D eigenvalue weighted by Crippen LogP contribution is 2.15. The van der Waals surface area contributed by atoms with Crippen LogP contribution in [0.15, 0.2) is 30.3 Å². The zero-order valence-corrected chi connectivity index (χ0v) is 12.9. The lowest BCUT2D eigenvalue weighted by Crippen LogP contribution is -2.25. The van der Waals surface area contributed by atoms with Crippen molar-refractivity contribution in [3.63, 3.8) is 0 Å². The summed E-state index contributed by atoms with van der Waals surface area (Å²) in [6.07, 6.45) is 4.92. The monoisotopic (exact) mass is 295 g/mol. The van der Waals surface area contributed by atoms with E-state index < -0.39 is 10.8 Å². The number of hydrogen-bond acceptors (Lipinski definition) is 3. The third kappa shape index (κ3) is 7.09. The molecule has 0 aliphatic heterocycles. The van der Waals surface area contributed by atoms with Gasteiger partial charge in [0.05, 0.1) is 6.10 Å². The minimum Gasteiger partial charge on any atom is -0.491 e. The Morgan fingerprint density at radius 2 is 2.20 bits per heavy atom. The van der Waals surface area contributed by atoms with Crippen LogP contribution in [0.1, 0.15) is 19.4 Å². The van der Waals surface area contributed by atoms with Crippen molar-refractivity contribution in [1.82, 2.24) is 5.32 Å². The number of rotatable bonds is 7. The van der Waals surface area contributed by atoms with Gasteiger partial charge < -0.3 is 10.1 Å². The lowest BCUT2D eigenvalue weighted by atomic mass is 10.2. The van der Waals surface area contributed by atoms with Gasteiger partial charge in [-0.25, -0.2) is 0 Å². The summed E-state index contributed by atoms with van der Waals surface area (Å²) in [7, 11) is -0.886. The molecule has 0 aliphatic carbocycles. The molecule has 0 aromatic heterocycles. The minimum atomic E-state index is -0.886. The van der Waals surface area contributed by atoms with Crippen LogP contribution in [-0.2, 0) is 15.6 Å². The molecular formula is C15H21NO3S. The third-order valence-electron chi connectivity index (χ3n) is 2.35. The Morgan fingerprint density at radius 3 is 2.85 bits per heavy atom. The molecule has 0 spiro atoms. The molecule has 5 heteroatoms. The molecular weight excluding hydrogens is 274 g/mol. The molecule has 0 radical (unpaired) electrons. The van der Waals surface area contributed by atoms with Crippen LogP contribution in [0.5, 0.6) is 5.75 Å².